The quantitative estimate of drug-likeness (QED) is 0.805. The summed E-state index contributed by atoms with van der Waals surface area (Å²) in [6.07, 6.45) is 3.49. The molecule has 116 valence electrons. The standard InChI is InChI=1S/C17H15N3O3/c18-17(21)20-5-4-12-6-13(8-19-16(12)20)11-2-1-3-14(7-11)23-15-9-22-10-15/h1-8,15H,9-10H2,(H2,18,21). The SMILES string of the molecule is NC(=O)n1ccc2cc(-c3cccc(OC4COC4)c3)cnc21. The maximum absolute atomic E-state index is 11.3. The molecule has 6 heteroatoms. The zero-order valence-corrected chi connectivity index (χ0v) is 12.3. The Balaban J connectivity index is 1.68. The van der Waals surface area contributed by atoms with Crippen molar-refractivity contribution in [2.24, 2.45) is 5.73 Å². The number of nitrogens with two attached hydrogens (primary N) is 1. The number of nitrogens with zero attached hydrogens (tertiary/aromatic N) is 2. The van der Waals surface area contributed by atoms with Gasteiger partial charge in [0.2, 0.25) is 0 Å². The molecule has 1 aliphatic rings. The normalized spacial score (nSPS) is 14.6. The predicted octanol–water partition coefficient (Wildman–Crippen LogP) is 2.41. The van der Waals surface area contributed by atoms with E-state index in [2.05, 4.69) is 4.98 Å². The Morgan fingerprint density at radius 2 is 2.13 bits per heavy atom. The van der Waals surface area contributed by atoms with Crippen molar-refractivity contribution in [1.29, 1.82) is 0 Å². The van der Waals surface area contributed by atoms with E-state index >= 15 is 0 Å². The number of pyridine rings is 1. The molecule has 0 radical (unpaired) electrons. The summed E-state index contributed by atoms with van der Waals surface area (Å²) in [6.45, 7) is 1.27. The lowest BCUT2D eigenvalue weighted by Gasteiger charge is -2.26. The Morgan fingerprint density at radius 3 is 2.87 bits per heavy atom. The van der Waals surface area contributed by atoms with Crippen LogP contribution >= 0.6 is 0 Å². The smallest absolute Gasteiger partial charge is 0.324 e. The van der Waals surface area contributed by atoms with E-state index in [-0.39, 0.29) is 6.10 Å². The van der Waals surface area contributed by atoms with Crippen molar-refractivity contribution in [2.45, 2.75) is 6.10 Å². The molecule has 3 aromatic rings. The highest BCUT2D eigenvalue weighted by Gasteiger charge is 2.20. The van der Waals surface area contributed by atoms with E-state index in [0.29, 0.717) is 18.9 Å². The molecule has 1 amide bonds. The molecule has 1 aliphatic heterocycles. The second kappa shape index (κ2) is 5.40. The van der Waals surface area contributed by atoms with Gasteiger partial charge in [-0.25, -0.2) is 9.78 Å². The number of fused-ring (bicyclic) bond motifs is 1. The molecule has 6 nitrogen and oxygen atoms in total. The molecule has 0 spiro atoms. The average molecular weight is 309 g/mol. The maximum atomic E-state index is 11.3. The maximum Gasteiger partial charge on any atom is 0.324 e. The molecule has 2 aromatic heterocycles. The van der Waals surface area contributed by atoms with Gasteiger partial charge in [0, 0.05) is 23.3 Å². The summed E-state index contributed by atoms with van der Waals surface area (Å²) < 4.78 is 12.3. The minimum Gasteiger partial charge on any atom is -0.486 e. The zero-order valence-electron chi connectivity index (χ0n) is 12.3. The molecule has 4 rings (SSSR count). The van der Waals surface area contributed by atoms with Crippen LogP contribution in [0.4, 0.5) is 4.79 Å². The number of benzene rings is 1. The van der Waals surface area contributed by atoms with Gasteiger partial charge in [0.25, 0.3) is 0 Å². The first-order chi connectivity index (χ1) is 11.2. The third-order valence-corrected chi connectivity index (χ3v) is 3.84. The molecular weight excluding hydrogens is 294 g/mol. The van der Waals surface area contributed by atoms with E-state index in [0.717, 1.165) is 22.3 Å². The molecule has 0 unspecified atom stereocenters. The lowest BCUT2D eigenvalue weighted by atomic mass is 10.1. The fraction of sp³-hybridized carbons (Fsp3) is 0.176. The van der Waals surface area contributed by atoms with Crippen molar-refractivity contribution in [2.75, 3.05) is 13.2 Å². The number of carbonyl (C=O) groups is 1. The van der Waals surface area contributed by atoms with E-state index in [9.17, 15) is 4.79 Å². The molecule has 0 aliphatic carbocycles. The molecule has 0 bridgehead atoms. The molecule has 2 N–H and O–H groups in total. The molecule has 1 aromatic carbocycles. The second-order valence-corrected chi connectivity index (χ2v) is 5.47. The number of rotatable bonds is 3. The monoisotopic (exact) mass is 309 g/mol. The van der Waals surface area contributed by atoms with E-state index in [1.165, 1.54) is 4.57 Å². The van der Waals surface area contributed by atoms with Gasteiger partial charge in [-0.05, 0) is 29.8 Å². The topological polar surface area (TPSA) is 79.4 Å². The van der Waals surface area contributed by atoms with Gasteiger partial charge in [-0.2, -0.15) is 0 Å². The van der Waals surface area contributed by atoms with Gasteiger partial charge < -0.3 is 15.2 Å². The fourth-order valence-electron chi connectivity index (χ4n) is 2.58. The first-order valence-electron chi connectivity index (χ1n) is 7.32. The van der Waals surface area contributed by atoms with Crippen LogP contribution in [0.5, 0.6) is 5.75 Å². The Hall–Kier alpha value is -2.86. The summed E-state index contributed by atoms with van der Waals surface area (Å²) in [5.41, 5.74) is 7.83. The van der Waals surface area contributed by atoms with Crippen molar-refractivity contribution < 1.29 is 14.3 Å². The molecule has 0 saturated carbocycles. The molecular formula is C17H15N3O3. The number of carbonyl (C=O) groups excluding carboxylic acids is 1. The summed E-state index contributed by atoms with van der Waals surface area (Å²) in [5.74, 6) is 0.811. The molecule has 0 atom stereocenters. The van der Waals surface area contributed by atoms with E-state index in [1.54, 1.807) is 12.4 Å². The molecule has 23 heavy (non-hydrogen) atoms. The molecule has 1 fully saturated rings. The first kappa shape index (κ1) is 13.8. The van der Waals surface area contributed by atoms with Crippen LogP contribution in [0, 0.1) is 0 Å². The average Bonchev–Trinajstić information content (AvgIpc) is 2.94. The second-order valence-electron chi connectivity index (χ2n) is 5.47. The lowest BCUT2D eigenvalue weighted by molar-refractivity contribution is -0.0796. The Labute approximate surface area is 132 Å². The summed E-state index contributed by atoms with van der Waals surface area (Å²) in [6, 6.07) is 11.1. The zero-order chi connectivity index (χ0) is 15.8. The summed E-state index contributed by atoms with van der Waals surface area (Å²) in [4.78, 5) is 15.7. The van der Waals surface area contributed by atoms with Gasteiger partial charge >= 0.3 is 6.03 Å². The van der Waals surface area contributed by atoms with Crippen molar-refractivity contribution >= 4 is 17.1 Å². The van der Waals surface area contributed by atoms with Crippen molar-refractivity contribution in [3.8, 4) is 16.9 Å². The van der Waals surface area contributed by atoms with Crippen molar-refractivity contribution in [3.63, 3.8) is 0 Å². The van der Waals surface area contributed by atoms with Crippen molar-refractivity contribution in [1.82, 2.24) is 9.55 Å². The molecule has 3 heterocycles. The number of hydrogen-bond acceptors (Lipinski definition) is 4. The van der Waals surface area contributed by atoms with E-state index in [1.807, 2.05) is 36.4 Å². The van der Waals surface area contributed by atoms with Crippen LogP contribution in [0.2, 0.25) is 0 Å². The Morgan fingerprint density at radius 1 is 1.26 bits per heavy atom. The minimum atomic E-state index is -0.543. The third-order valence-electron chi connectivity index (χ3n) is 3.84. The van der Waals surface area contributed by atoms with Crippen LogP contribution in [0.3, 0.4) is 0 Å². The van der Waals surface area contributed by atoms with Crippen LogP contribution in [-0.2, 0) is 4.74 Å². The van der Waals surface area contributed by atoms with Gasteiger partial charge in [-0.15, -0.1) is 0 Å². The number of aromatic nitrogens is 2. The summed E-state index contributed by atoms with van der Waals surface area (Å²) in [5, 5.41) is 0.861. The van der Waals surface area contributed by atoms with Gasteiger partial charge in [-0.3, -0.25) is 4.57 Å². The highest BCUT2D eigenvalue weighted by atomic mass is 16.6. The summed E-state index contributed by atoms with van der Waals surface area (Å²) >= 11 is 0. The number of hydrogen-bond donors (Lipinski definition) is 1. The van der Waals surface area contributed by atoms with E-state index in [4.69, 9.17) is 15.2 Å². The van der Waals surface area contributed by atoms with Crippen LogP contribution in [0.25, 0.3) is 22.2 Å². The van der Waals surface area contributed by atoms with Crippen LogP contribution in [0.15, 0.2) is 48.8 Å². The Kier molecular flexibility index (Phi) is 3.24. The van der Waals surface area contributed by atoms with Gasteiger partial charge in [-0.1, -0.05) is 12.1 Å². The van der Waals surface area contributed by atoms with E-state index < -0.39 is 6.03 Å². The Bertz CT molecular complexity index is 884. The summed E-state index contributed by atoms with van der Waals surface area (Å²) in [7, 11) is 0. The number of primary amides is 1. The fourth-order valence-corrected chi connectivity index (χ4v) is 2.58. The third kappa shape index (κ3) is 2.53. The largest absolute Gasteiger partial charge is 0.486 e. The van der Waals surface area contributed by atoms with Crippen LogP contribution in [-0.4, -0.2) is 34.9 Å². The van der Waals surface area contributed by atoms with Crippen LogP contribution in [0.1, 0.15) is 0 Å². The van der Waals surface area contributed by atoms with Crippen molar-refractivity contribution in [3.05, 3.63) is 48.8 Å². The number of ether oxygens (including phenoxy) is 2. The van der Waals surface area contributed by atoms with Gasteiger partial charge in [0.15, 0.2) is 0 Å². The molecule has 1 saturated heterocycles. The van der Waals surface area contributed by atoms with Crippen LogP contribution < -0.4 is 10.5 Å². The highest BCUT2D eigenvalue weighted by Crippen LogP contribution is 2.27. The number of amides is 1. The first-order valence-corrected chi connectivity index (χ1v) is 7.32. The highest BCUT2D eigenvalue weighted by molar-refractivity contribution is 5.90. The minimum absolute atomic E-state index is 0.135. The van der Waals surface area contributed by atoms with Gasteiger partial charge in [0.05, 0.1) is 13.2 Å². The predicted molar refractivity (Wildman–Crippen MR) is 85.4 cm³/mol. The van der Waals surface area contributed by atoms with Gasteiger partial charge in [0.1, 0.15) is 17.5 Å². The lowest BCUT2D eigenvalue weighted by Crippen LogP contribution is -2.38.